The minimum atomic E-state index is -0.508. The van der Waals surface area contributed by atoms with E-state index in [1.54, 1.807) is 18.2 Å². The molecule has 0 unspecified atom stereocenters. The summed E-state index contributed by atoms with van der Waals surface area (Å²) in [5, 5.41) is 2.94. The molecule has 4 nitrogen and oxygen atoms in total. The van der Waals surface area contributed by atoms with Gasteiger partial charge < -0.3 is 15.0 Å². The number of carbonyl (C=O) groups is 1. The lowest BCUT2D eigenvalue weighted by Gasteiger charge is -2.28. The van der Waals surface area contributed by atoms with Crippen molar-refractivity contribution in [3.8, 4) is 0 Å². The minimum absolute atomic E-state index is 0.103. The van der Waals surface area contributed by atoms with Gasteiger partial charge in [0.25, 0.3) is 0 Å². The van der Waals surface area contributed by atoms with Crippen molar-refractivity contribution in [2.75, 3.05) is 31.7 Å². The Morgan fingerprint density at radius 3 is 2.86 bits per heavy atom. The van der Waals surface area contributed by atoms with E-state index >= 15 is 0 Å². The summed E-state index contributed by atoms with van der Waals surface area (Å²) in [7, 11) is 1.53. The van der Waals surface area contributed by atoms with Gasteiger partial charge in [0, 0.05) is 31.5 Å². The molecule has 122 valence electrons. The first-order valence-corrected chi connectivity index (χ1v) is 8.69. The zero-order valence-electron chi connectivity index (χ0n) is 13.0. The van der Waals surface area contributed by atoms with Gasteiger partial charge in [0.1, 0.15) is 11.9 Å². The molecule has 0 aliphatic carbocycles. The molecule has 1 aliphatic rings. The molecule has 2 amide bonds. The SMILES string of the molecule is CO[C@@H](c1ccccc1F)[C@@H](C)NC(=O)N1CCCSCC1. The van der Waals surface area contributed by atoms with Crippen molar-refractivity contribution in [1.82, 2.24) is 10.2 Å². The molecular weight excluding hydrogens is 303 g/mol. The van der Waals surface area contributed by atoms with E-state index in [4.69, 9.17) is 4.74 Å². The number of hydrogen-bond acceptors (Lipinski definition) is 3. The number of carbonyl (C=O) groups excluding carboxylic acids is 1. The summed E-state index contributed by atoms with van der Waals surface area (Å²) >= 11 is 1.87. The lowest BCUT2D eigenvalue weighted by molar-refractivity contribution is 0.0709. The standard InChI is InChI=1S/C16H23FN2O2S/c1-12(15(21-2)13-6-3-4-7-14(13)17)18-16(20)19-8-5-10-22-11-9-19/h3-4,6-7,12,15H,5,8-11H2,1-2H3,(H,18,20)/t12-,15-/m1/s1. The largest absolute Gasteiger partial charge is 0.375 e. The van der Waals surface area contributed by atoms with Gasteiger partial charge in [-0.05, 0) is 25.2 Å². The van der Waals surface area contributed by atoms with Crippen LogP contribution in [0.2, 0.25) is 0 Å². The third-order valence-electron chi connectivity index (χ3n) is 3.78. The number of ether oxygens (including phenoxy) is 1. The summed E-state index contributed by atoms with van der Waals surface area (Å²) in [5.41, 5.74) is 0.462. The number of urea groups is 1. The average molecular weight is 326 g/mol. The van der Waals surface area contributed by atoms with Crippen LogP contribution in [0.5, 0.6) is 0 Å². The second kappa shape index (κ2) is 8.39. The fourth-order valence-electron chi connectivity index (χ4n) is 2.62. The van der Waals surface area contributed by atoms with E-state index in [2.05, 4.69) is 5.32 Å². The molecule has 1 fully saturated rings. The van der Waals surface area contributed by atoms with Crippen LogP contribution in [-0.4, -0.2) is 48.7 Å². The summed E-state index contributed by atoms with van der Waals surface area (Å²) in [6.45, 7) is 3.36. The Kier molecular flexibility index (Phi) is 6.51. The first kappa shape index (κ1) is 17.1. The Morgan fingerprint density at radius 1 is 1.36 bits per heavy atom. The number of amides is 2. The summed E-state index contributed by atoms with van der Waals surface area (Å²) in [6.07, 6.45) is 0.500. The highest BCUT2D eigenvalue weighted by atomic mass is 32.2. The fraction of sp³-hybridized carbons (Fsp3) is 0.562. The van der Waals surface area contributed by atoms with Gasteiger partial charge >= 0.3 is 6.03 Å². The molecule has 0 saturated carbocycles. The van der Waals surface area contributed by atoms with Crippen molar-refractivity contribution >= 4 is 17.8 Å². The number of nitrogens with one attached hydrogen (secondary N) is 1. The Labute approximate surface area is 135 Å². The third-order valence-corrected chi connectivity index (χ3v) is 4.83. The van der Waals surface area contributed by atoms with E-state index in [1.165, 1.54) is 13.2 Å². The van der Waals surface area contributed by atoms with E-state index in [9.17, 15) is 9.18 Å². The van der Waals surface area contributed by atoms with E-state index < -0.39 is 6.10 Å². The van der Waals surface area contributed by atoms with Crippen LogP contribution in [0.3, 0.4) is 0 Å². The van der Waals surface area contributed by atoms with Gasteiger partial charge in [-0.1, -0.05) is 18.2 Å². The van der Waals surface area contributed by atoms with Crippen LogP contribution in [-0.2, 0) is 4.74 Å². The second-order valence-corrected chi connectivity index (χ2v) is 6.59. The van der Waals surface area contributed by atoms with Crippen molar-refractivity contribution in [3.63, 3.8) is 0 Å². The highest BCUT2D eigenvalue weighted by molar-refractivity contribution is 7.99. The quantitative estimate of drug-likeness (QED) is 0.924. The van der Waals surface area contributed by atoms with Gasteiger partial charge in [-0.25, -0.2) is 9.18 Å². The van der Waals surface area contributed by atoms with Gasteiger partial charge in [-0.15, -0.1) is 0 Å². The van der Waals surface area contributed by atoms with Gasteiger partial charge in [0.05, 0.1) is 6.04 Å². The predicted molar refractivity (Wildman–Crippen MR) is 87.7 cm³/mol. The van der Waals surface area contributed by atoms with Gasteiger partial charge in [0.15, 0.2) is 0 Å². The topological polar surface area (TPSA) is 41.6 Å². The normalized spacial score (nSPS) is 18.4. The summed E-state index contributed by atoms with van der Waals surface area (Å²) in [6, 6.07) is 6.09. The lowest BCUT2D eigenvalue weighted by atomic mass is 10.0. The number of benzene rings is 1. The van der Waals surface area contributed by atoms with E-state index in [0.717, 1.165) is 31.0 Å². The molecule has 1 N–H and O–H groups in total. The molecule has 1 heterocycles. The molecule has 6 heteroatoms. The summed E-state index contributed by atoms with van der Waals surface area (Å²) < 4.78 is 19.3. The van der Waals surface area contributed by atoms with E-state index in [0.29, 0.717) is 5.56 Å². The smallest absolute Gasteiger partial charge is 0.317 e. The number of rotatable bonds is 4. The fourth-order valence-corrected chi connectivity index (χ4v) is 3.50. The zero-order chi connectivity index (χ0) is 15.9. The monoisotopic (exact) mass is 326 g/mol. The lowest BCUT2D eigenvalue weighted by Crippen LogP contribution is -2.47. The van der Waals surface area contributed by atoms with Crippen LogP contribution in [0, 0.1) is 5.82 Å². The maximum absolute atomic E-state index is 13.9. The average Bonchev–Trinajstić information content (AvgIpc) is 2.79. The second-order valence-electron chi connectivity index (χ2n) is 5.37. The molecule has 2 atom stereocenters. The molecule has 0 radical (unpaired) electrons. The number of halogens is 1. The number of thioether (sulfide) groups is 1. The molecule has 1 aliphatic heterocycles. The van der Waals surface area contributed by atoms with Gasteiger partial charge in [-0.3, -0.25) is 0 Å². The molecule has 1 aromatic rings. The number of methoxy groups -OCH3 is 1. The van der Waals surface area contributed by atoms with Gasteiger partial charge in [0.2, 0.25) is 0 Å². The van der Waals surface area contributed by atoms with Crippen LogP contribution in [0.15, 0.2) is 24.3 Å². The van der Waals surface area contributed by atoms with Crippen LogP contribution in [0.4, 0.5) is 9.18 Å². The zero-order valence-corrected chi connectivity index (χ0v) is 13.9. The molecule has 2 rings (SSSR count). The van der Waals surface area contributed by atoms with Crippen LogP contribution in [0.1, 0.15) is 25.0 Å². The Morgan fingerprint density at radius 2 is 2.14 bits per heavy atom. The predicted octanol–water partition coefficient (Wildman–Crippen LogP) is 3.05. The van der Waals surface area contributed by atoms with Crippen molar-refractivity contribution in [3.05, 3.63) is 35.6 Å². The van der Waals surface area contributed by atoms with Crippen LogP contribution in [0.25, 0.3) is 0 Å². The number of nitrogens with zero attached hydrogens (tertiary/aromatic N) is 1. The van der Waals surface area contributed by atoms with Crippen LogP contribution >= 0.6 is 11.8 Å². The summed E-state index contributed by atoms with van der Waals surface area (Å²) in [4.78, 5) is 14.2. The molecule has 0 spiro atoms. The van der Waals surface area contributed by atoms with Crippen molar-refractivity contribution in [2.45, 2.75) is 25.5 Å². The maximum Gasteiger partial charge on any atom is 0.317 e. The Hall–Kier alpha value is -1.27. The van der Waals surface area contributed by atoms with E-state index in [1.807, 2.05) is 23.6 Å². The first-order chi connectivity index (χ1) is 10.6. The highest BCUT2D eigenvalue weighted by Crippen LogP contribution is 2.23. The molecule has 0 bridgehead atoms. The molecule has 1 aromatic carbocycles. The molecular formula is C16H23FN2O2S. The highest BCUT2D eigenvalue weighted by Gasteiger charge is 2.25. The third kappa shape index (κ3) is 4.36. The van der Waals surface area contributed by atoms with Crippen molar-refractivity contribution < 1.29 is 13.9 Å². The van der Waals surface area contributed by atoms with Gasteiger partial charge in [-0.2, -0.15) is 11.8 Å². The molecule has 0 aromatic heterocycles. The Bertz CT molecular complexity index is 493. The van der Waals surface area contributed by atoms with E-state index in [-0.39, 0.29) is 17.9 Å². The number of hydrogen-bond donors (Lipinski definition) is 1. The maximum atomic E-state index is 13.9. The van der Waals surface area contributed by atoms with Crippen molar-refractivity contribution in [2.24, 2.45) is 0 Å². The van der Waals surface area contributed by atoms with Crippen molar-refractivity contribution in [1.29, 1.82) is 0 Å². The molecule has 22 heavy (non-hydrogen) atoms. The molecule has 1 saturated heterocycles. The first-order valence-electron chi connectivity index (χ1n) is 7.54. The summed E-state index contributed by atoms with van der Waals surface area (Å²) in [5.74, 6) is 1.74. The van der Waals surface area contributed by atoms with Crippen LogP contribution < -0.4 is 5.32 Å². The minimum Gasteiger partial charge on any atom is -0.375 e. The Balaban J connectivity index is 2.01.